The Labute approximate surface area is 108 Å². The Morgan fingerprint density at radius 1 is 1.06 bits per heavy atom. The summed E-state index contributed by atoms with van der Waals surface area (Å²) in [5.41, 5.74) is 0.693. The van der Waals surface area contributed by atoms with Gasteiger partial charge in [0.2, 0.25) is 5.82 Å². The molecule has 18 heavy (non-hydrogen) atoms. The van der Waals surface area contributed by atoms with E-state index < -0.39 is 6.17 Å². The lowest BCUT2D eigenvalue weighted by molar-refractivity contribution is 0.0132. The van der Waals surface area contributed by atoms with Gasteiger partial charge in [0.25, 0.3) is 5.90 Å². The molecule has 3 rings (SSSR count). The Hall–Kier alpha value is -2.05. The van der Waals surface area contributed by atoms with Crippen molar-refractivity contribution in [3.05, 3.63) is 54.4 Å². The molecule has 1 aliphatic rings. The lowest BCUT2D eigenvalue weighted by Crippen LogP contribution is -2.15. The first kappa shape index (κ1) is 11.1. The molecule has 0 aromatic carbocycles. The summed E-state index contributed by atoms with van der Waals surface area (Å²) >= 11 is 5.96. The number of aromatic nitrogens is 3. The fourth-order valence-corrected chi connectivity index (χ4v) is 1.73. The Balaban J connectivity index is 1.92. The summed E-state index contributed by atoms with van der Waals surface area (Å²) in [5, 5.41) is 0. The van der Waals surface area contributed by atoms with Crippen LogP contribution in [-0.2, 0) is 4.84 Å². The Morgan fingerprint density at radius 3 is 2.56 bits per heavy atom. The van der Waals surface area contributed by atoms with Crippen LogP contribution in [0.5, 0.6) is 0 Å². The molecule has 0 fully saturated rings. The number of rotatable bonds is 2. The van der Waals surface area contributed by atoms with E-state index in [0.29, 0.717) is 11.5 Å². The normalized spacial score (nSPS) is 19.4. The maximum absolute atomic E-state index is 5.96. The number of hydrogen-bond acceptors (Lipinski definition) is 6. The molecule has 0 aliphatic carbocycles. The molecule has 0 amide bonds. The van der Waals surface area contributed by atoms with Crippen LogP contribution in [0.2, 0.25) is 0 Å². The number of nitrogens with zero attached hydrogens (tertiary/aromatic N) is 5. The van der Waals surface area contributed by atoms with Crippen molar-refractivity contribution in [2.24, 2.45) is 4.99 Å². The molecule has 2 aromatic heterocycles. The van der Waals surface area contributed by atoms with Gasteiger partial charge in [-0.3, -0.25) is 4.98 Å². The molecule has 0 bridgehead atoms. The fraction of sp³-hybridized carbons (Fsp3) is 0.0909. The van der Waals surface area contributed by atoms with Crippen molar-refractivity contribution in [2.75, 3.05) is 0 Å². The van der Waals surface area contributed by atoms with E-state index in [1.807, 2.05) is 18.2 Å². The van der Waals surface area contributed by atoms with Crippen LogP contribution in [0.4, 0.5) is 0 Å². The molecule has 6 nitrogen and oxygen atoms in total. The van der Waals surface area contributed by atoms with Gasteiger partial charge in [0, 0.05) is 30.4 Å². The van der Waals surface area contributed by atoms with E-state index in [1.165, 1.54) is 0 Å². The molecule has 0 saturated heterocycles. The zero-order valence-electron chi connectivity index (χ0n) is 9.14. The van der Waals surface area contributed by atoms with Gasteiger partial charge in [0.15, 0.2) is 6.17 Å². The van der Waals surface area contributed by atoms with E-state index in [4.69, 9.17) is 16.6 Å². The second-order valence-corrected chi connectivity index (χ2v) is 3.83. The number of aliphatic imine (C=N–C) groups is 1. The smallest absolute Gasteiger partial charge is 0.282 e. The Morgan fingerprint density at radius 2 is 1.83 bits per heavy atom. The van der Waals surface area contributed by atoms with Crippen molar-refractivity contribution in [1.82, 2.24) is 19.5 Å². The highest BCUT2D eigenvalue weighted by molar-refractivity contribution is 6.14. The van der Waals surface area contributed by atoms with Crippen LogP contribution in [0.3, 0.4) is 0 Å². The summed E-state index contributed by atoms with van der Waals surface area (Å²) in [5.74, 6) is 0.669. The van der Waals surface area contributed by atoms with Crippen LogP contribution in [0.25, 0.3) is 0 Å². The van der Waals surface area contributed by atoms with Gasteiger partial charge >= 0.3 is 0 Å². The standard InChI is InChI=1S/C11H8ClN5O/c12-17-10(8-4-1-2-5-13-8)16-11(18-17)9-14-6-3-7-15-9/h1-7,10H. The second-order valence-electron chi connectivity index (χ2n) is 3.50. The molecule has 0 N–H and O–H groups in total. The lowest BCUT2D eigenvalue weighted by atomic mass is 10.3. The third-order valence-electron chi connectivity index (χ3n) is 2.31. The monoisotopic (exact) mass is 261 g/mol. The van der Waals surface area contributed by atoms with Gasteiger partial charge < -0.3 is 4.84 Å². The zero-order chi connectivity index (χ0) is 12.4. The van der Waals surface area contributed by atoms with Gasteiger partial charge in [-0.05, 0) is 22.8 Å². The van der Waals surface area contributed by atoms with Crippen molar-refractivity contribution >= 4 is 17.7 Å². The van der Waals surface area contributed by atoms with Crippen LogP contribution < -0.4 is 0 Å². The maximum Gasteiger partial charge on any atom is 0.282 e. The summed E-state index contributed by atoms with van der Waals surface area (Å²) in [6.45, 7) is 0. The molecule has 0 radical (unpaired) electrons. The summed E-state index contributed by atoms with van der Waals surface area (Å²) < 4.78 is 1.11. The Kier molecular flexibility index (Phi) is 2.87. The van der Waals surface area contributed by atoms with E-state index in [9.17, 15) is 0 Å². The first-order valence-electron chi connectivity index (χ1n) is 5.24. The van der Waals surface area contributed by atoms with Crippen molar-refractivity contribution in [1.29, 1.82) is 0 Å². The predicted molar refractivity (Wildman–Crippen MR) is 64.3 cm³/mol. The summed E-state index contributed by atoms with van der Waals surface area (Å²) in [6.07, 6.45) is 4.40. The Bertz CT molecular complexity index is 562. The third-order valence-corrected chi connectivity index (χ3v) is 2.57. The van der Waals surface area contributed by atoms with E-state index in [-0.39, 0.29) is 5.90 Å². The van der Waals surface area contributed by atoms with Crippen LogP contribution in [0, 0.1) is 0 Å². The minimum atomic E-state index is -0.494. The first-order valence-corrected chi connectivity index (χ1v) is 5.57. The number of halogens is 1. The molecule has 7 heteroatoms. The summed E-state index contributed by atoms with van der Waals surface area (Å²) in [4.78, 5) is 21.9. The van der Waals surface area contributed by atoms with Crippen LogP contribution in [0.15, 0.2) is 47.8 Å². The quantitative estimate of drug-likeness (QED) is 0.770. The average molecular weight is 262 g/mol. The summed E-state index contributed by atoms with van der Waals surface area (Å²) in [7, 11) is 0. The van der Waals surface area contributed by atoms with E-state index in [0.717, 1.165) is 4.58 Å². The van der Waals surface area contributed by atoms with Gasteiger partial charge in [-0.1, -0.05) is 6.07 Å². The molecule has 0 spiro atoms. The van der Waals surface area contributed by atoms with Crippen molar-refractivity contribution in [3.63, 3.8) is 0 Å². The maximum atomic E-state index is 5.96. The predicted octanol–water partition coefficient (Wildman–Crippen LogP) is 1.72. The highest BCUT2D eigenvalue weighted by atomic mass is 35.5. The molecule has 1 atom stereocenters. The van der Waals surface area contributed by atoms with Gasteiger partial charge in [-0.15, -0.1) is 0 Å². The number of pyridine rings is 1. The molecule has 0 saturated carbocycles. The van der Waals surface area contributed by atoms with E-state index in [2.05, 4.69) is 19.9 Å². The third kappa shape index (κ3) is 2.03. The van der Waals surface area contributed by atoms with E-state index >= 15 is 0 Å². The lowest BCUT2D eigenvalue weighted by Gasteiger charge is -2.11. The van der Waals surface area contributed by atoms with Gasteiger partial charge in [0.1, 0.15) is 0 Å². The fourth-order valence-electron chi connectivity index (χ4n) is 1.52. The van der Waals surface area contributed by atoms with Crippen molar-refractivity contribution in [2.45, 2.75) is 6.17 Å². The van der Waals surface area contributed by atoms with Crippen LogP contribution in [-0.4, -0.2) is 25.4 Å². The van der Waals surface area contributed by atoms with Crippen LogP contribution >= 0.6 is 11.8 Å². The van der Waals surface area contributed by atoms with Crippen molar-refractivity contribution < 1.29 is 4.84 Å². The highest BCUT2D eigenvalue weighted by Crippen LogP contribution is 2.29. The van der Waals surface area contributed by atoms with E-state index in [1.54, 1.807) is 24.7 Å². The summed E-state index contributed by atoms with van der Waals surface area (Å²) in [6, 6.07) is 7.22. The first-order chi connectivity index (χ1) is 8.84. The molecule has 1 unspecified atom stereocenters. The molecule has 2 aromatic rings. The number of hydroxylamine groups is 1. The molecule has 1 aliphatic heterocycles. The topological polar surface area (TPSA) is 63.5 Å². The highest BCUT2D eigenvalue weighted by Gasteiger charge is 2.31. The molecular weight excluding hydrogens is 254 g/mol. The number of hydrogen-bond donors (Lipinski definition) is 0. The molecule has 3 heterocycles. The van der Waals surface area contributed by atoms with Crippen LogP contribution in [0.1, 0.15) is 17.7 Å². The SMILES string of the molecule is ClN1OC(c2ncccn2)=NC1c1ccccn1. The molecule has 90 valence electrons. The van der Waals surface area contributed by atoms with Gasteiger partial charge in [0.05, 0.1) is 5.69 Å². The zero-order valence-corrected chi connectivity index (χ0v) is 9.90. The minimum Gasteiger partial charge on any atom is -0.364 e. The van der Waals surface area contributed by atoms with Crippen molar-refractivity contribution in [3.8, 4) is 0 Å². The molecular formula is C11H8ClN5O. The van der Waals surface area contributed by atoms with Gasteiger partial charge in [-0.2, -0.15) is 0 Å². The van der Waals surface area contributed by atoms with Gasteiger partial charge in [-0.25, -0.2) is 15.0 Å². The second kappa shape index (κ2) is 4.67. The largest absolute Gasteiger partial charge is 0.364 e. The minimum absolute atomic E-state index is 0.279. The average Bonchev–Trinajstić information content (AvgIpc) is 2.83.